The topological polar surface area (TPSA) is 0 Å². The average Bonchev–Trinajstić information content (AvgIpc) is 2.56. The summed E-state index contributed by atoms with van der Waals surface area (Å²) in [7, 11) is 0. The standard InChI is InChI=1S/C19H17PSe/c1-16-12-14-19(15-13-16)20(21,17-8-4-2-5-9-17)18-10-6-3-7-11-18/h2-15H,1H3. The summed E-state index contributed by atoms with van der Waals surface area (Å²) in [5.74, 6) is 0. The van der Waals surface area contributed by atoms with E-state index in [9.17, 15) is 0 Å². The van der Waals surface area contributed by atoms with Crippen LogP contribution in [0.4, 0.5) is 0 Å². The first-order chi connectivity index (χ1) is 10.2. The predicted octanol–water partition coefficient (Wildman–Crippen LogP) is 3.37. The van der Waals surface area contributed by atoms with Crippen molar-refractivity contribution < 1.29 is 0 Å². The summed E-state index contributed by atoms with van der Waals surface area (Å²) in [5, 5.41) is 4.13. The molecule has 21 heavy (non-hydrogen) atoms. The summed E-state index contributed by atoms with van der Waals surface area (Å²) >= 11 is 3.57. The second kappa shape index (κ2) is 6.16. The fraction of sp³-hybridized carbons (Fsp3) is 0.0526. The zero-order chi connectivity index (χ0) is 14.7. The molecule has 2 heteroatoms. The van der Waals surface area contributed by atoms with Gasteiger partial charge in [-0.05, 0) is 0 Å². The van der Waals surface area contributed by atoms with Crippen LogP contribution in [0.25, 0.3) is 0 Å². The van der Waals surface area contributed by atoms with Gasteiger partial charge in [-0.1, -0.05) is 0 Å². The molecular weight excluding hydrogens is 338 g/mol. The molecule has 3 aromatic rings. The van der Waals surface area contributed by atoms with Crippen LogP contribution in [0, 0.1) is 6.92 Å². The van der Waals surface area contributed by atoms with E-state index in [1.165, 1.54) is 21.5 Å². The molecule has 0 saturated carbocycles. The van der Waals surface area contributed by atoms with Gasteiger partial charge < -0.3 is 0 Å². The van der Waals surface area contributed by atoms with Crippen molar-refractivity contribution in [1.82, 2.24) is 0 Å². The normalized spacial score (nSPS) is 11.3. The fourth-order valence-electron chi connectivity index (χ4n) is 2.48. The molecular formula is C19H17PSe. The van der Waals surface area contributed by atoms with Crippen molar-refractivity contribution in [3.05, 3.63) is 90.5 Å². The SMILES string of the molecule is Cc1ccc(P(=[Se])(c2ccccc2)c2ccccc2)cc1. The van der Waals surface area contributed by atoms with E-state index in [-0.39, 0.29) is 0 Å². The molecule has 0 saturated heterocycles. The Balaban J connectivity index is 2.26. The van der Waals surface area contributed by atoms with Gasteiger partial charge in [0, 0.05) is 0 Å². The average molecular weight is 355 g/mol. The summed E-state index contributed by atoms with van der Waals surface area (Å²) in [6, 6.07) is 30.5. The minimum absolute atomic E-state index is 1.30. The summed E-state index contributed by atoms with van der Waals surface area (Å²) in [6.07, 6.45) is 0. The number of hydrogen-bond donors (Lipinski definition) is 0. The quantitative estimate of drug-likeness (QED) is 0.499. The van der Waals surface area contributed by atoms with Gasteiger partial charge in [-0.2, -0.15) is 0 Å². The van der Waals surface area contributed by atoms with E-state index in [4.69, 9.17) is 0 Å². The van der Waals surface area contributed by atoms with E-state index >= 15 is 0 Å². The van der Waals surface area contributed by atoms with Crippen molar-refractivity contribution in [1.29, 1.82) is 0 Å². The molecule has 0 bridgehead atoms. The van der Waals surface area contributed by atoms with Crippen molar-refractivity contribution in [3.8, 4) is 0 Å². The van der Waals surface area contributed by atoms with Crippen LogP contribution in [-0.2, 0) is 0 Å². The van der Waals surface area contributed by atoms with Crippen LogP contribution in [0.3, 0.4) is 0 Å². The number of benzene rings is 3. The Labute approximate surface area is 134 Å². The van der Waals surface area contributed by atoms with E-state index in [0.29, 0.717) is 0 Å². The maximum absolute atomic E-state index is 3.57. The summed E-state index contributed by atoms with van der Waals surface area (Å²) in [4.78, 5) is 0. The molecule has 0 radical (unpaired) electrons. The zero-order valence-corrected chi connectivity index (χ0v) is 14.5. The van der Waals surface area contributed by atoms with Crippen molar-refractivity contribution in [2.45, 2.75) is 6.92 Å². The molecule has 0 nitrogen and oxygen atoms in total. The summed E-state index contributed by atoms with van der Waals surface area (Å²) < 4.78 is 0. The van der Waals surface area contributed by atoms with Gasteiger partial charge in [0.25, 0.3) is 0 Å². The molecule has 0 aliphatic carbocycles. The number of rotatable bonds is 3. The zero-order valence-electron chi connectivity index (χ0n) is 11.9. The van der Waals surface area contributed by atoms with Gasteiger partial charge in [-0.3, -0.25) is 0 Å². The molecule has 104 valence electrons. The monoisotopic (exact) mass is 356 g/mol. The second-order valence-electron chi connectivity index (χ2n) is 5.12. The Morgan fingerprint density at radius 2 is 0.952 bits per heavy atom. The molecule has 0 aromatic heterocycles. The van der Waals surface area contributed by atoms with Crippen LogP contribution in [0.5, 0.6) is 0 Å². The molecule has 0 amide bonds. The Morgan fingerprint density at radius 3 is 1.38 bits per heavy atom. The van der Waals surface area contributed by atoms with E-state index in [2.05, 4.69) is 107 Å². The Hall–Kier alpha value is -1.39. The first-order valence-electron chi connectivity index (χ1n) is 7.00. The molecule has 0 heterocycles. The molecule has 0 aliphatic rings. The van der Waals surface area contributed by atoms with Gasteiger partial charge in [-0.25, -0.2) is 0 Å². The number of hydrogen-bond acceptors (Lipinski definition) is 0. The van der Waals surface area contributed by atoms with E-state index in [1.807, 2.05) is 0 Å². The van der Waals surface area contributed by atoms with E-state index in [1.54, 1.807) is 0 Å². The van der Waals surface area contributed by atoms with Crippen molar-refractivity contribution >= 4 is 36.5 Å². The maximum atomic E-state index is 3.57. The van der Waals surface area contributed by atoms with E-state index in [0.717, 1.165) is 0 Å². The Morgan fingerprint density at radius 1 is 0.571 bits per heavy atom. The van der Waals surface area contributed by atoms with Crippen LogP contribution in [-0.4, -0.2) is 15.1 Å². The van der Waals surface area contributed by atoms with Gasteiger partial charge >= 0.3 is 134 Å². The molecule has 3 rings (SSSR count). The first kappa shape index (κ1) is 14.5. The van der Waals surface area contributed by atoms with Gasteiger partial charge in [-0.15, -0.1) is 0 Å². The van der Waals surface area contributed by atoms with Gasteiger partial charge in [0.1, 0.15) is 0 Å². The Bertz CT molecular complexity index is 718. The second-order valence-corrected chi connectivity index (χ2v) is 11.3. The molecule has 0 atom stereocenters. The molecule has 0 spiro atoms. The van der Waals surface area contributed by atoms with Gasteiger partial charge in [0.2, 0.25) is 0 Å². The minimum atomic E-state index is -1.67. The van der Waals surface area contributed by atoms with Gasteiger partial charge in [0.05, 0.1) is 0 Å². The molecule has 0 aliphatic heterocycles. The molecule has 3 aromatic carbocycles. The van der Waals surface area contributed by atoms with Crippen molar-refractivity contribution in [2.24, 2.45) is 0 Å². The predicted molar refractivity (Wildman–Crippen MR) is 95.6 cm³/mol. The third-order valence-corrected chi connectivity index (χ3v) is 10.7. The third-order valence-electron chi connectivity index (χ3n) is 3.64. The van der Waals surface area contributed by atoms with Crippen molar-refractivity contribution in [2.75, 3.05) is 0 Å². The van der Waals surface area contributed by atoms with Gasteiger partial charge in [0.15, 0.2) is 0 Å². The van der Waals surface area contributed by atoms with E-state index < -0.39 is 5.51 Å². The van der Waals surface area contributed by atoms with Crippen LogP contribution < -0.4 is 15.9 Å². The molecule has 0 fully saturated rings. The Kier molecular flexibility index (Phi) is 4.27. The third kappa shape index (κ3) is 2.83. The summed E-state index contributed by atoms with van der Waals surface area (Å²) in [6.45, 7) is 2.13. The number of aryl methyl sites for hydroxylation is 1. The van der Waals surface area contributed by atoms with Crippen LogP contribution >= 0.6 is 5.51 Å². The van der Waals surface area contributed by atoms with Crippen LogP contribution in [0.2, 0.25) is 0 Å². The molecule has 0 N–H and O–H groups in total. The summed E-state index contributed by atoms with van der Waals surface area (Å²) in [5.41, 5.74) is -0.374. The first-order valence-corrected chi connectivity index (χ1v) is 11.0. The van der Waals surface area contributed by atoms with Crippen LogP contribution in [0.1, 0.15) is 5.56 Å². The molecule has 0 unspecified atom stereocenters. The van der Waals surface area contributed by atoms with Crippen LogP contribution in [0.15, 0.2) is 84.9 Å². The fourth-order valence-corrected chi connectivity index (χ4v) is 7.42. The van der Waals surface area contributed by atoms with Crippen molar-refractivity contribution in [3.63, 3.8) is 0 Å².